The molecule has 0 heterocycles. The van der Waals surface area contributed by atoms with Crippen LogP contribution in [-0.4, -0.2) is 18.1 Å². The zero-order valence-corrected chi connectivity index (χ0v) is 15.7. The Hall–Kier alpha value is -2.68. The van der Waals surface area contributed by atoms with E-state index in [-0.39, 0.29) is 5.11 Å². The van der Waals surface area contributed by atoms with E-state index in [1.807, 2.05) is 24.4 Å². The SMILES string of the molecule is COc1c(F)c(F)c(C(=O)NC(=S)Nc2c(C)cc(C)cc2C)c(F)c1F. The van der Waals surface area contributed by atoms with Gasteiger partial charge in [0.25, 0.3) is 5.91 Å². The molecular weight excluding hydrogens is 384 g/mol. The largest absolute Gasteiger partial charge is 0.491 e. The molecule has 0 aliphatic rings. The second-order valence-electron chi connectivity index (χ2n) is 5.85. The molecule has 0 spiro atoms. The van der Waals surface area contributed by atoms with E-state index in [2.05, 4.69) is 10.1 Å². The molecule has 9 heteroatoms. The van der Waals surface area contributed by atoms with Crippen molar-refractivity contribution in [2.24, 2.45) is 0 Å². The van der Waals surface area contributed by atoms with E-state index in [4.69, 9.17) is 12.2 Å². The number of benzene rings is 2. The van der Waals surface area contributed by atoms with E-state index < -0.39 is 40.5 Å². The quantitative estimate of drug-likeness (QED) is 0.458. The van der Waals surface area contributed by atoms with Crippen molar-refractivity contribution in [3.8, 4) is 5.75 Å². The molecule has 144 valence electrons. The Morgan fingerprint density at radius 2 is 1.44 bits per heavy atom. The third-order valence-electron chi connectivity index (χ3n) is 3.80. The summed E-state index contributed by atoms with van der Waals surface area (Å²) in [5.74, 6) is -10.1. The summed E-state index contributed by atoms with van der Waals surface area (Å²) < 4.78 is 59.8. The van der Waals surface area contributed by atoms with Gasteiger partial charge in [0.2, 0.25) is 11.6 Å². The van der Waals surface area contributed by atoms with Crippen molar-refractivity contribution in [1.82, 2.24) is 5.32 Å². The predicted molar refractivity (Wildman–Crippen MR) is 97.2 cm³/mol. The Morgan fingerprint density at radius 3 is 1.89 bits per heavy atom. The Bertz CT molecular complexity index is 895. The van der Waals surface area contributed by atoms with Crippen LogP contribution in [-0.2, 0) is 0 Å². The smallest absolute Gasteiger partial charge is 0.263 e. The molecule has 2 rings (SSSR count). The number of carbonyl (C=O) groups is 1. The average molecular weight is 400 g/mol. The molecule has 1 amide bonds. The molecule has 27 heavy (non-hydrogen) atoms. The third kappa shape index (κ3) is 4.02. The number of aryl methyl sites for hydroxylation is 3. The van der Waals surface area contributed by atoms with Gasteiger partial charge in [-0.3, -0.25) is 10.1 Å². The normalized spacial score (nSPS) is 10.5. The van der Waals surface area contributed by atoms with Gasteiger partial charge >= 0.3 is 0 Å². The van der Waals surface area contributed by atoms with Crippen molar-refractivity contribution in [3.05, 3.63) is 57.7 Å². The number of halogens is 4. The van der Waals surface area contributed by atoms with Gasteiger partial charge in [-0.05, 0) is 44.1 Å². The minimum Gasteiger partial charge on any atom is -0.491 e. The number of thiocarbonyl (C=S) groups is 1. The van der Waals surface area contributed by atoms with Gasteiger partial charge in [-0.2, -0.15) is 8.78 Å². The summed E-state index contributed by atoms with van der Waals surface area (Å²) in [7, 11) is 0.839. The Kier molecular flexibility index (Phi) is 6.04. The van der Waals surface area contributed by atoms with Crippen LogP contribution in [0.4, 0.5) is 23.2 Å². The van der Waals surface area contributed by atoms with Gasteiger partial charge in [-0.1, -0.05) is 17.7 Å². The van der Waals surface area contributed by atoms with E-state index in [1.54, 1.807) is 13.8 Å². The lowest BCUT2D eigenvalue weighted by Crippen LogP contribution is -2.36. The molecule has 2 aromatic rings. The van der Waals surface area contributed by atoms with Gasteiger partial charge in [-0.15, -0.1) is 0 Å². The van der Waals surface area contributed by atoms with Crippen LogP contribution in [0.25, 0.3) is 0 Å². The first kappa shape index (κ1) is 20.6. The number of hydrogen-bond acceptors (Lipinski definition) is 3. The topological polar surface area (TPSA) is 50.4 Å². The molecule has 0 bridgehead atoms. The fourth-order valence-electron chi connectivity index (χ4n) is 2.68. The number of rotatable bonds is 3. The fraction of sp³-hybridized carbons (Fsp3) is 0.222. The van der Waals surface area contributed by atoms with Gasteiger partial charge in [-0.25, -0.2) is 8.78 Å². The lowest BCUT2D eigenvalue weighted by Gasteiger charge is -2.16. The first-order chi connectivity index (χ1) is 12.6. The molecule has 0 radical (unpaired) electrons. The molecular formula is C18H16F4N2O2S. The van der Waals surface area contributed by atoms with Gasteiger partial charge in [0.1, 0.15) is 5.56 Å². The summed E-state index contributed by atoms with van der Waals surface area (Å²) in [6.07, 6.45) is 0. The second-order valence-corrected chi connectivity index (χ2v) is 6.25. The summed E-state index contributed by atoms with van der Waals surface area (Å²) in [4.78, 5) is 12.1. The molecule has 0 saturated heterocycles. The van der Waals surface area contributed by atoms with Crippen molar-refractivity contribution in [3.63, 3.8) is 0 Å². The number of nitrogens with one attached hydrogen (secondary N) is 2. The summed E-state index contributed by atoms with van der Waals surface area (Å²) in [6.45, 7) is 5.52. The van der Waals surface area contributed by atoms with Crippen molar-refractivity contribution in [1.29, 1.82) is 0 Å². The number of amides is 1. The third-order valence-corrected chi connectivity index (χ3v) is 4.00. The molecule has 0 aliphatic carbocycles. The highest BCUT2D eigenvalue weighted by Gasteiger charge is 2.30. The van der Waals surface area contributed by atoms with Crippen molar-refractivity contribution >= 4 is 28.9 Å². The zero-order valence-electron chi connectivity index (χ0n) is 14.9. The maximum atomic E-state index is 14.0. The van der Waals surface area contributed by atoms with E-state index in [0.29, 0.717) is 5.69 Å². The molecule has 0 unspecified atom stereocenters. The molecule has 0 atom stereocenters. The fourth-order valence-corrected chi connectivity index (χ4v) is 2.87. The van der Waals surface area contributed by atoms with Crippen LogP contribution in [0.2, 0.25) is 0 Å². The molecule has 0 aliphatic heterocycles. The highest BCUT2D eigenvalue weighted by atomic mass is 32.1. The number of methoxy groups -OCH3 is 1. The summed E-state index contributed by atoms with van der Waals surface area (Å²) in [5.41, 5.74) is 1.82. The molecule has 4 nitrogen and oxygen atoms in total. The van der Waals surface area contributed by atoms with Crippen molar-refractivity contribution in [2.45, 2.75) is 20.8 Å². The van der Waals surface area contributed by atoms with E-state index in [9.17, 15) is 22.4 Å². The van der Waals surface area contributed by atoms with Crippen molar-refractivity contribution in [2.75, 3.05) is 12.4 Å². The van der Waals surface area contributed by atoms with Crippen LogP contribution in [0.3, 0.4) is 0 Å². The summed E-state index contributed by atoms with van der Waals surface area (Å²) in [6, 6.07) is 3.74. The lowest BCUT2D eigenvalue weighted by molar-refractivity contribution is 0.0966. The maximum absolute atomic E-state index is 14.0. The van der Waals surface area contributed by atoms with Crippen LogP contribution >= 0.6 is 12.2 Å². The number of anilines is 1. The number of hydrogen-bond donors (Lipinski definition) is 2. The van der Waals surface area contributed by atoms with Gasteiger partial charge in [0.05, 0.1) is 7.11 Å². The Labute approximate surface area is 158 Å². The van der Waals surface area contributed by atoms with Crippen LogP contribution in [0.15, 0.2) is 12.1 Å². The number of carbonyl (C=O) groups excluding carboxylic acids is 1. The second kappa shape index (κ2) is 7.91. The van der Waals surface area contributed by atoms with Gasteiger partial charge in [0, 0.05) is 5.69 Å². The average Bonchev–Trinajstić information content (AvgIpc) is 2.57. The van der Waals surface area contributed by atoms with Gasteiger partial charge in [0.15, 0.2) is 22.5 Å². The van der Waals surface area contributed by atoms with Crippen LogP contribution < -0.4 is 15.4 Å². The van der Waals surface area contributed by atoms with Crippen LogP contribution in [0.1, 0.15) is 27.0 Å². The monoisotopic (exact) mass is 400 g/mol. The molecule has 0 saturated carbocycles. The predicted octanol–water partition coefficient (Wildman–Crippen LogP) is 4.30. The molecule has 2 aromatic carbocycles. The first-order valence-corrected chi connectivity index (χ1v) is 8.09. The highest BCUT2D eigenvalue weighted by molar-refractivity contribution is 7.80. The Balaban J connectivity index is 2.30. The van der Waals surface area contributed by atoms with Gasteiger partial charge < -0.3 is 10.1 Å². The van der Waals surface area contributed by atoms with Crippen molar-refractivity contribution < 1.29 is 27.1 Å². The highest BCUT2D eigenvalue weighted by Crippen LogP contribution is 2.29. The molecule has 0 fully saturated rings. The summed E-state index contributed by atoms with van der Waals surface area (Å²) >= 11 is 4.97. The minimum atomic E-state index is -1.88. The molecule has 0 aromatic heterocycles. The van der Waals surface area contributed by atoms with Crippen LogP contribution in [0.5, 0.6) is 5.75 Å². The lowest BCUT2D eigenvalue weighted by atomic mass is 10.1. The molecule has 2 N–H and O–H groups in total. The maximum Gasteiger partial charge on any atom is 0.263 e. The first-order valence-electron chi connectivity index (χ1n) is 7.68. The Morgan fingerprint density at radius 1 is 0.963 bits per heavy atom. The van der Waals surface area contributed by atoms with E-state index in [1.165, 1.54) is 0 Å². The van der Waals surface area contributed by atoms with E-state index >= 15 is 0 Å². The number of ether oxygens (including phenoxy) is 1. The minimum absolute atomic E-state index is 0.287. The standard InChI is InChI=1S/C18H16F4N2O2S/c1-7-5-8(2)15(9(3)6-7)23-18(27)24-17(25)10-11(19)13(21)16(26-4)14(22)12(10)20/h5-6H,1-4H3,(H2,23,24,25,27). The van der Waals surface area contributed by atoms with Crippen LogP contribution in [0, 0.1) is 44.0 Å². The zero-order chi connectivity index (χ0) is 20.5. The summed E-state index contributed by atoms with van der Waals surface area (Å²) in [5, 5.41) is 4.47. The van der Waals surface area contributed by atoms with E-state index in [0.717, 1.165) is 23.8 Å².